The number of piperidine rings is 1. The Balaban J connectivity index is 1.85. The molecule has 1 aromatic heterocycles. The van der Waals surface area contributed by atoms with Crippen molar-refractivity contribution in [2.75, 3.05) is 33.2 Å². The van der Waals surface area contributed by atoms with Gasteiger partial charge in [-0.2, -0.15) is 0 Å². The second-order valence-electron chi connectivity index (χ2n) is 5.63. The van der Waals surface area contributed by atoms with Gasteiger partial charge in [0.15, 0.2) is 0 Å². The molecule has 3 heterocycles. The topological polar surface area (TPSA) is 28.2 Å². The van der Waals surface area contributed by atoms with E-state index in [0.717, 1.165) is 6.54 Å². The molecule has 1 atom stereocenters. The molecule has 1 aromatic rings. The molecule has 0 radical (unpaired) electrons. The third-order valence-electron chi connectivity index (χ3n) is 4.66. The molecule has 0 aliphatic carbocycles. The molecular formula is C14H21N3. The van der Waals surface area contributed by atoms with Crippen molar-refractivity contribution in [1.29, 1.82) is 0 Å². The Kier molecular flexibility index (Phi) is 2.89. The number of nitrogens with zero attached hydrogens (tertiary/aromatic N) is 2. The highest BCUT2D eigenvalue weighted by Crippen LogP contribution is 2.46. The molecule has 1 N–H and O–H groups in total. The highest BCUT2D eigenvalue weighted by Gasteiger charge is 2.44. The summed E-state index contributed by atoms with van der Waals surface area (Å²) in [6, 6.07) is 4.38. The highest BCUT2D eigenvalue weighted by molar-refractivity contribution is 5.23. The molecule has 3 nitrogen and oxygen atoms in total. The number of aromatic nitrogens is 1. The summed E-state index contributed by atoms with van der Waals surface area (Å²) in [5, 5.41) is 3.61. The lowest BCUT2D eigenvalue weighted by Gasteiger charge is -2.41. The fourth-order valence-electron chi connectivity index (χ4n) is 3.46. The van der Waals surface area contributed by atoms with Gasteiger partial charge in [-0.3, -0.25) is 4.98 Å². The highest BCUT2D eigenvalue weighted by atomic mass is 15.1. The van der Waals surface area contributed by atoms with Gasteiger partial charge in [-0.25, -0.2) is 0 Å². The van der Waals surface area contributed by atoms with E-state index >= 15 is 0 Å². The fraction of sp³-hybridized carbons (Fsp3) is 0.643. The zero-order valence-electron chi connectivity index (χ0n) is 10.5. The minimum Gasteiger partial charge on any atom is -0.316 e. The van der Waals surface area contributed by atoms with Gasteiger partial charge in [0.2, 0.25) is 0 Å². The summed E-state index contributed by atoms with van der Waals surface area (Å²) in [7, 11) is 2.23. The number of likely N-dealkylation sites (tertiary alicyclic amines) is 1. The monoisotopic (exact) mass is 231 g/mol. The first-order chi connectivity index (χ1) is 8.30. The van der Waals surface area contributed by atoms with E-state index in [1.54, 1.807) is 0 Å². The third-order valence-corrected chi connectivity index (χ3v) is 4.66. The van der Waals surface area contributed by atoms with Gasteiger partial charge in [0, 0.05) is 31.4 Å². The van der Waals surface area contributed by atoms with Crippen molar-refractivity contribution < 1.29 is 0 Å². The molecule has 0 amide bonds. The maximum absolute atomic E-state index is 4.13. The summed E-state index contributed by atoms with van der Waals surface area (Å²) in [6.45, 7) is 4.80. The van der Waals surface area contributed by atoms with Gasteiger partial charge in [-0.05, 0) is 56.1 Å². The SMILES string of the molecule is CN1CCC2(CC1)CNCC2c1ccncc1. The molecule has 3 rings (SSSR count). The molecule has 2 saturated heterocycles. The summed E-state index contributed by atoms with van der Waals surface area (Å²) >= 11 is 0. The quantitative estimate of drug-likeness (QED) is 0.793. The van der Waals surface area contributed by atoms with E-state index in [1.807, 2.05) is 12.4 Å². The van der Waals surface area contributed by atoms with Crippen molar-refractivity contribution in [2.45, 2.75) is 18.8 Å². The summed E-state index contributed by atoms with van der Waals surface area (Å²) in [4.78, 5) is 6.59. The van der Waals surface area contributed by atoms with Crippen molar-refractivity contribution >= 4 is 0 Å². The first-order valence-corrected chi connectivity index (χ1v) is 6.59. The lowest BCUT2D eigenvalue weighted by Crippen LogP contribution is -2.41. The van der Waals surface area contributed by atoms with Crippen molar-refractivity contribution in [3.63, 3.8) is 0 Å². The third kappa shape index (κ3) is 1.98. The van der Waals surface area contributed by atoms with E-state index in [4.69, 9.17) is 0 Å². The zero-order valence-corrected chi connectivity index (χ0v) is 10.5. The van der Waals surface area contributed by atoms with Crippen LogP contribution >= 0.6 is 0 Å². The van der Waals surface area contributed by atoms with Crippen LogP contribution in [0.3, 0.4) is 0 Å². The number of pyridine rings is 1. The normalized spacial score (nSPS) is 28.6. The summed E-state index contributed by atoms with van der Waals surface area (Å²) in [5.74, 6) is 0.680. The summed E-state index contributed by atoms with van der Waals surface area (Å²) in [5.41, 5.74) is 1.96. The molecule has 2 aliphatic heterocycles. The fourth-order valence-corrected chi connectivity index (χ4v) is 3.46. The number of hydrogen-bond donors (Lipinski definition) is 1. The minimum absolute atomic E-state index is 0.494. The van der Waals surface area contributed by atoms with Crippen LogP contribution in [0.15, 0.2) is 24.5 Å². The molecule has 0 aromatic carbocycles. The molecule has 2 aliphatic rings. The van der Waals surface area contributed by atoms with Crippen LogP contribution in [-0.2, 0) is 0 Å². The first-order valence-electron chi connectivity index (χ1n) is 6.59. The van der Waals surface area contributed by atoms with E-state index in [2.05, 4.69) is 34.4 Å². The molecule has 1 spiro atoms. The van der Waals surface area contributed by atoms with Gasteiger partial charge in [-0.15, -0.1) is 0 Å². The Bertz CT molecular complexity index is 368. The van der Waals surface area contributed by atoms with Crippen molar-refractivity contribution in [3.8, 4) is 0 Å². The molecule has 0 saturated carbocycles. The van der Waals surface area contributed by atoms with Crippen LogP contribution < -0.4 is 5.32 Å². The van der Waals surface area contributed by atoms with Gasteiger partial charge in [0.05, 0.1) is 0 Å². The maximum Gasteiger partial charge on any atom is 0.0270 e. The van der Waals surface area contributed by atoms with E-state index in [-0.39, 0.29) is 0 Å². The molecule has 1 unspecified atom stereocenters. The second kappa shape index (κ2) is 4.39. The first kappa shape index (κ1) is 11.2. The van der Waals surface area contributed by atoms with Crippen LogP contribution in [-0.4, -0.2) is 43.1 Å². The molecule has 92 valence electrons. The van der Waals surface area contributed by atoms with Crippen LogP contribution in [0.5, 0.6) is 0 Å². The van der Waals surface area contributed by atoms with Crippen molar-refractivity contribution in [3.05, 3.63) is 30.1 Å². The Labute approximate surface area is 103 Å². The smallest absolute Gasteiger partial charge is 0.0270 e. The molecule has 17 heavy (non-hydrogen) atoms. The van der Waals surface area contributed by atoms with Crippen LogP contribution in [0.25, 0.3) is 0 Å². The molecular weight excluding hydrogens is 210 g/mol. The Morgan fingerprint density at radius 2 is 2.00 bits per heavy atom. The van der Waals surface area contributed by atoms with Crippen LogP contribution in [0.1, 0.15) is 24.3 Å². The van der Waals surface area contributed by atoms with Crippen molar-refractivity contribution in [1.82, 2.24) is 15.2 Å². The van der Waals surface area contributed by atoms with Gasteiger partial charge < -0.3 is 10.2 Å². The predicted molar refractivity (Wildman–Crippen MR) is 69.0 cm³/mol. The summed E-state index contributed by atoms with van der Waals surface area (Å²) in [6.07, 6.45) is 6.50. The average Bonchev–Trinajstić information content (AvgIpc) is 2.78. The van der Waals surface area contributed by atoms with E-state index < -0.39 is 0 Å². The lowest BCUT2D eigenvalue weighted by molar-refractivity contribution is 0.124. The second-order valence-corrected chi connectivity index (χ2v) is 5.63. The Hall–Kier alpha value is -0.930. The van der Waals surface area contributed by atoms with E-state index in [1.165, 1.54) is 38.0 Å². The van der Waals surface area contributed by atoms with Gasteiger partial charge in [0.1, 0.15) is 0 Å². The largest absolute Gasteiger partial charge is 0.316 e. The molecule has 2 fully saturated rings. The van der Waals surface area contributed by atoms with Crippen LogP contribution in [0, 0.1) is 5.41 Å². The molecule has 3 heteroatoms. The zero-order chi connectivity index (χ0) is 11.7. The van der Waals surface area contributed by atoms with Gasteiger partial charge >= 0.3 is 0 Å². The molecule has 0 bridgehead atoms. The number of hydrogen-bond acceptors (Lipinski definition) is 3. The van der Waals surface area contributed by atoms with Crippen molar-refractivity contribution in [2.24, 2.45) is 5.41 Å². The lowest BCUT2D eigenvalue weighted by atomic mass is 9.68. The van der Waals surface area contributed by atoms with Crippen LogP contribution in [0.4, 0.5) is 0 Å². The minimum atomic E-state index is 0.494. The van der Waals surface area contributed by atoms with Gasteiger partial charge in [0.25, 0.3) is 0 Å². The Morgan fingerprint density at radius 1 is 1.29 bits per heavy atom. The van der Waals surface area contributed by atoms with E-state index in [0.29, 0.717) is 11.3 Å². The van der Waals surface area contributed by atoms with Gasteiger partial charge in [-0.1, -0.05) is 0 Å². The number of rotatable bonds is 1. The Morgan fingerprint density at radius 3 is 2.71 bits per heavy atom. The average molecular weight is 231 g/mol. The van der Waals surface area contributed by atoms with E-state index in [9.17, 15) is 0 Å². The summed E-state index contributed by atoms with van der Waals surface area (Å²) < 4.78 is 0. The van der Waals surface area contributed by atoms with Crippen LogP contribution in [0.2, 0.25) is 0 Å². The standard InChI is InChI=1S/C14H21N3/c1-17-8-4-14(5-9-17)11-16-10-13(14)12-2-6-15-7-3-12/h2-3,6-7,13,16H,4-5,8-11H2,1H3. The predicted octanol–water partition coefficient (Wildman–Crippen LogP) is 1.48. The number of nitrogens with one attached hydrogen (secondary N) is 1. The maximum atomic E-state index is 4.13.